The maximum absolute atomic E-state index is 14.0. The lowest BCUT2D eigenvalue weighted by molar-refractivity contribution is 0.526. The molecule has 0 spiro atoms. The molecule has 1 aromatic carbocycles. The molecule has 2 rings (SSSR count). The molecule has 0 amide bonds. The Morgan fingerprint density at radius 2 is 2.06 bits per heavy atom. The first-order valence-corrected chi connectivity index (χ1v) is 6.12. The van der Waals surface area contributed by atoms with Crippen molar-refractivity contribution in [3.63, 3.8) is 0 Å². The van der Waals surface area contributed by atoms with E-state index < -0.39 is 11.9 Å². The molecule has 0 aliphatic rings. The van der Waals surface area contributed by atoms with E-state index in [0.717, 1.165) is 5.56 Å². The Balaban J connectivity index is 2.48. The van der Waals surface area contributed by atoms with Crippen LogP contribution in [0.25, 0.3) is 0 Å². The van der Waals surface area contributed by atoms with E-state index in [4.69, 9.17) is 21.8 Å². The van der Waals surface area contributed by atoms with Crippen molar-refractivity contribution < 1.29 is 8.81 Å². The molecule has 2 N–H and O–H groups in total. The fourth-order valence-corrected chi connectivity index (χ4v) is 2.14. The number of aryl methyl sites for hydroxylation is 1. The maximum atomic E-state index is 14.0. The topological polar surface area (TPSA) is 39.2 Å². The SMILES string of the molecule is Cc1occc1C(N)c1ccc(Br)c(Cl)c1F. The van der Waals surface area contributed by atoms with Crippen LogP contribution in [-0.4, -0.2) is 0 Å². The quantitative estimate of drug-likeness (QED) is 0.843. The summed E-state index contributed by atoms with van der Waals surface area (Å²) in [5.41, 5.74) is 7.11. The Hall–Kier alpha value is -0.840. The summed E-state index contributed by atoms with van der Waals surface area (Å²) in [4.78, 5) is 0. The van der Waals surface area contributed by atoms with E-state index in [9.17, 15) is 4.39 Å². The molecule has 0 bridgehead atoms. The van der Waals surface area contributed by atoms with Gasteiger partial charge < -0.3 is 10.2 Å². The molecule has 0 saturated carbocycles. The summed E-state index contributed by atoms with van der Waals surface area (Å²) >= 11 is 8.99. The first kappa shape index (κ1) is 12.6. The highest BCUT2D eigenvalue weighted by molar-refractivity contribution is 9.10. The van der Waals surface area contributed by atoms with Crippen LogP contribution >= 0.6 is 27.5 Å². The van der Waals surface area contributed by atoms with Crippen LogP contribution in [0.5, 0.6) is 0 Å². The molecule has 0 fully saturated rings. The Labute approximate surface area is 112 Å². The predicted molar refractivity (Wildman–Crippen MR) is 68.6 cm³/mol. The van der Waals surface area contributed by atoms with Gasteiger partial charge >= 0.3 is 0 Å². The Kier molecular flexibility index (Phi) is 3.56. The number of benzene rings is 1. The second kappa shape index (κ2) is 4.80. The van der Waals surface area contributed by atoms with Gasteiger partial charge in [0.15, 0.2) is 0 Å². The number of nitrogens with two attached hydrogens (primary N) is 1. The Morgan fingerprint density at radius 3 is 2.65 bits per heavy atom. The van der Waals surface area contributed by atoms with Crippen LogP contribution in [0.15, 0.2) is 33.4 Å². The monoisotopic (exact) mass is 317 g/mol. The minimum absolute atomic E-state index is 0.0408. The van der Waals surface area contributed by atoms with Gasteiger partial charge in [-0.3, -0.25) is 0 Å². The van der Waals surface area contributed by atoms with Crippen LogP contribution in [0.2, 0.25) is 5.02 Å². The van der Waals surface area contributed by atoms with Gasteiger partial charge in [-0.25, -0.2) is 4.39 Å². The van der Waals surface area contributed by atoms with E-state index in [1.165, 1.54) is 6.26 Å². The average molecular weight is 319 g/mol. The first-order chi connectivity index (χ1) is 8.02. The van der Waals surface area contributed by atoms with Gasteiger partial charge in [-0.1, -0.05) is 17.7 Å². The van der Waals surface area contributed by atoms with Crippen molar-refractivity contribution in [3.05, 3.63) is 56.7 Å². The second-order valence-corrected chi connectivity index (χ2v) is 4.91. The fraction of sp³-hybridized carbons (Fsp3) is 0.167. The molecule has 90 valence electrons. The van der Waals surface area contributed by atoms with Crippen LogP contribution in [0.3, 0.4) is 0 Å². The predicted octanol–water partition coefficient (Wildman–Crippen LogP) is 4.19. The summed E-state index contributed by atoms with van der Waals surface area (Å²) in [6.07, 6.45) is 1.53. The van der Waals surface area contributed by atoms with Crippen LogP contribution in [0, 0.1) is 12.7 Å². The molecule has 17 heavy (non-hydrogen) atoms. The number of hydrogen-bond donors (Lipinski definition) is 1. The van der Waals surface area contributed by atoms with Gasteiger partial charge in [-0.2, -0.15) is 0 Å². The van der Waals surface area contributed by atoms with Gasteiger partial charge in [-0.15, -0.1) is 0 Å². The minimum Gasteiger partial charge on any atom is -0.469 e. The normalized spacial score (nSPS) is 12.8. The lowest BCUT2D eigenvalue weighted by Gasteiger charge is -2.13. The van der Waals surface area contributed by atoms with Gasteiger partial charge in [0.2, 0.25) is 0 Å². The molecule has 1 unspecified atom stereocenters. The van der Waals surface area contributed by atoms with E-state index >= 15 is 0 Å². The van der Waals surface area contributed by atoms with E-state index in [0.29, 0.717) is 15.8 Å². The molecule has 2 nitrogen and oxygen atoms in total. The van der Waals surface area contributed by atoms with Gasteiger partial charge in [0.25, 0.3) is 0 Å². The van der Waals surface area contributed by atoms with Gasteiger partial charge in [0.1, 0.15) is 11.6 Å². The first-order valence-electron chi connectivity index (χ1n) is 4.95. The summed E-state index contributed by atoms with van der Waals surface area (Å²) < 4.78 is 19.6. The lowest BCUT2D eigenvalue weighted by Crippen LogP contribution is -2.14. The van der Waals surface area contributed by atoms with Crippen LogP contribution in [0.4, 0.5) is 4.39 Å². The number of rotatable bonds is 2. The maximum Gasteiger partial charge on any atom is 0.148 e. The molecular weight excluding hydrogens is 308 g/mol. The summed E-state index contributed by atoms with van der Waals surface area (Å²) in [5.74, 6) is 0.171. The third-order valence-electron chi connectivity index (χ3n) is 2.63. The van der Waals surface area contributed by atoms with Gasteiger partial charge in [0, 0.05) is 15.6 Å². The number of furan rings is 1. The minimum atomic E-state index is -0.584. The molecule has 0 aliphatic heterocycles. The lowest BCUT2D eigenvalue weighted by atomic mass is 10.00. The smallest absolute Gasteiger partial charge is 0.148 e. The van der Waals surface area contributed by atoms with E-state index in [2.05, 4.69) is 15.9 Å². The fourth-order valence-electron chi connectivity index (χ4n) is 1.67. The van der Waals surface area contributed by atoms with Crippen molar-refractivity contribution in [2.45, 2.75) is 13.0 Å². The van der Waals surface area contributed by atoms with E-state index in [1.807, 2.05) is 0 Å². The Morgan fingerprint density at radius 1 is 1.35 bits per heavy atom. The molecule has 1 atom stereocenters. The number of hydrogen-bond acceptors (Lipinski definition) is 2. The van der Waals surface area contributed by atoms with Crippen molar-refractivity contribution >= 4 is 27.5 Å². The molecule has 1 aromatic heterocycles. The molecule has 2 aromatic rings. The standard InChI is InChI=1S/C12H10BrClFNO/c1-6-7(4-5-17-6)12(16)8-2-3-9(13)10(14)11(8)15/h2-5,12H,16H2,1H3. The van der Waals surface area contributed by atoms with E-state index in [-0.39, 0.29) is 5.02 Å². The highest BCUT2D eigenvalue weighted by Crippen LogP contribution is 2.32. The second-order valence-electron chi connectivity index (χ2n) is 3.67. The van der Waals surface area contributed by atoms with Crippen LogP contribution in [0.1, 0.15) is 22.9 Å². The molecule has 1 heterocycles. The van der Waals surface area contributed by atoms with Gasteiger partial charge in [-0.05, 0) is 35.0 Å². The molecular formula is C12H10BrClFNO. The number of halogens is 3. The van der Waals surface area contributed by atoms with Crippen molar-refractivity contribution in [1.82, 2.24) is 0 Å². The highest BCUT2D eigenvalue weighted by atomic mass is 79.9. The van der Waals surface area contributed by atoms with Crippen molar-refractivity contribution in [2.24, 2.45) is 5.73 Å². The van der Waals surface area contributed by atoms with Crippen molar-refractivity contribution in [1.29, 1.82) is 0 Å². The zero-order valence-corrected chi connectivity index (χ0v) is 11.3. The van der Waals surface area contributed by atoms with Crippen LogP contribution < -0.4 is 5.73 Å². The third-order valence-corrected chi connectivity index (χ3v) is 3.89. The average Bonchev–Trinajstić information content (AvgIpc) is 2.72. The summed E-state index contributed by atoms with van der Waals surface area (Å²) in [5, 5.41) is 0.0408. The van der Waals surface area contributed by atoms with Crippen molar-refractivity contribution in [2.75, 3.05) is 0 Å². The largest absolute Gasteiger partial charge is 0.469 e. The van der Waals surface area contributed by atoms with Crippen LogP contribution in [-0.2, 0) is 0 Å². The molecule has 0 saturated heterocycles. The molecule has 0 aliphatic carbocycles. The Bertz CT molecular complexity index is 555. The van der Waals surface area contributed by atoms with Gasteiger partial charge in [0.05, 0.1) is 17.3 Å². The summed E-state index contributed by atoms with van der Waals surface area (Å²) in [6, 6.07) is 4.44. The summed E-state index contributed by atoms with van der Waals surface area (Å²) in [7, 11) is 0. The zero-order valence-electron chi connectivity index (χ0n) is 9.01. The molecule has 5 heteroatoms. The summed E-state index contributed by atoms with van der Waals surface area (Å²) in [6.45, 7) is 1.79. The molecule has 0 radical (unpaired) electrons. The highest BCUT2D eigenvalue weighted by Gasteiger charge is 2.19. The van der Waals surface area contributed by atoms with Crippen molar-refractivity contribution in [3.8, 4) is 0 Å². The third kappa shape index (κ3) is 2.25. The zero-order chi connectivity index (χ0) is 12.6. The van der Waals surface area contributed by atoms with E-state index in [1.54, 1.807) is 25.1 Å².